The highest BCUT2D eigenvalue weighted by Gasteiger charge is 2.09. The summed E-state index contributed by atoms with van der Waals surface area (Å²) in [6.45, 7) is 1.97. The molecular formula is C10H11BrO2. The zero-order valence-corrected chi connectivity index (χ0v) is 8.91. The predicted molar refractivity (Wildman–Crippen MR) is 54.5 cm³/mol. The molecule has 2 nitrogen and oxygen atoms in total. The molecule has 0 amide bonds. The van der Waals surface area contributed by atoms with Crippen molar-refractivity contribution in [2.24, 2.45) is 0 Å². The van der Waals surface area contributed by atoms with Crippen molar-refractivity contribution in [3.63, 3.8) is 0 Å². The molecule has 1 rings (SSSR count). The number of hydrogen-bond acceptors (Lipinski definition) is 2. The number of aryl methyl sites for hydroxylation is 1. The summed E-state index contributed by atoms with van der Waals surface area (Å²) >= 11 is 3.34. The molecule has 0 fully saturated rings. The lowest BCUT2D eigenvalue weighted by molar-refractivity contribution is -0.109. The van der Waals surface area contributed by atoms with Crippen molar-refractivity contribution in [3.8, 4) is 0 Å². The Balaban J connectivity index is 2.94. The highest BCUT2D eigenvalue weighted by molar-refractivity contribution is 9.10. The van der Waals surface area contributed by atoms with Crippen LogP contribution in [0.5, 0.6) is 0 Å². The highest BCUT2D eigenvalue weighted by atomic mass is 79.9. The first kappa shape index (κ1) is 10.4. The third-order valence-corrected chi connectivity index (χ3v) is 2.52. The minimum Gasteiger partial charge on any atom is -0.388 e. The summed E-state index contributed by atoms with van der Waals surface area (Å²) in [6.07, 6.45) is 0.158. The minimum absolute atomic E-state index is 0.141. The highest BCUT2D eigenvalue weighted by Crippen LogP contribution is 2.25. The fraction of sp³-hybridized carbons (Fsp3) is 0.300. The van der Waals surface area contributed by atoms with Crippen LogP contribution in [0.1, 0.15) is 23.7 Å². The lowest BCUT2D eigenvalue weighted by Gasteiger charge is -2.09. The maximum absolute atomic E-state index is 10.2. The number of carbonyl (C=O) groups is 1. The van der Waals surface area contributed by atoms with Crippen LogP contribution in [0.2, 0.25) is 0 Å². The summed E-state index contributed by atoms with van der Waals surface area (Å²) in [5, 5.41) is 9.53. The first-order valence-electron chi connectivity index (χ1n) is 4.03. The van der Waals surface area contributed by atoms with Crippen LogP contribution in [0, 0.1) is 6.92 Å². The molecule has 1 atom stereocenters. The number of rotatable bonds is 3. The van der Waals surface area contributed by atoms with E-state index in [4.69, 9.17) is 0 Å². The van der Waals surface area contributed by atoms with E-state index in [1.54, 1.807) is 0 Å². The van der Waals surface area contributed by atoms with E-state index in [1.165, 1.54) is 0 Å². The van der Waals surface area contributed by atoms with Crippen molar-refractivity contribution in [2.75, 3.05) is 0 Å². The summed E-state index contributed by atoms with van der Waals surface area (Å²) in [5.74, 6) is 0. The molecule has 1 unspecified atom stereocenters. The van der Waals surface area contributed by atoms with Crippen molar-refractivity contribution in [2.45, 2.75) is 19.4 Å². The zero-order chi connectivity index (χ0) is 9.84. The molecule has 0 aliphatic carbocycles. The summed E-state index contributed by atoms with van der Waals surface area (Å²) in [7, 11) is 0. The van der Waals surface area contributed by atoms with Crippen molar-refractivity contribution in [1.82, 2.24) is 0 Å². The molecule has 0 heterocycles. The van der Waals surface area contributed by atoms with Gasteiger partial charge in [-0.25, -0.2) is 0 Å². The largest absolute Gasteiger partial charge is 0.388 e. The molecule has 0 saturated heterocycles. The summed E-state index contributed by atoms with van der Waals surface area (Å²) in [6, 6.07) is 5.66. The van der Waals surface area contributed by atoms with Gasteiger partial charge in [0.05, 0.1) is 6.10 Å². The molecule has 13 heavy (non-hydrogen) atoms. The Kier molecular flexibility index (Phi) is 3.63. The smallest absolute Gasteiger partial charge is 0.122 e. The number of carbonyl (C=O) groups excluding carboxylic acids is 1. The second-order valence-electron chi connectivity index (χ2n) is 2.94. The Labute approximate surface area is 85.7 Å². The SMILES string of the molecule is Cc1ccc(C(O)CC=O)c(Br)c1. The van der Waals surface area contributed by atoms with Crippen LogP contribution < -0.4 is 0 Å². The van der Waals surface area contributed by atoms with E-state index in [9.17, 15) is 9.90 Å². The van der Waals surface area contributed by atoms with Crippen LogP contribution in [0.25, 0.3) is 0 Å². The number of halogens is 1. The van der Waals surface area contributed by atoms with Gasteiger partial charge < -0.3 is 9.90 Å². The Morgan fingerprint density at radius 2 is 2.31 bits per heavy atom. The van der Waals surface area contributed by atoms with Crippen LogP contribution in [-0.2, 0) is 4.79 Å². The van der Waals surface area contributed by atoms with Gasteiger partial charge in [0, 0.05) is 10.9 Å². The molecular weight excluding hydrogens is 232 g/mol. The third kappa shape index (κ3) is 2.64. The number of hydrogen-bond donors (Lipinski definition) is 1. The number of aldehydes is 1. The number of aliphatic hydroxyl groups is 1. The lowest BCUT2D eigenvalue weighted by atomic mass is 10.1. The Morgan fingerprint density at radius 1 is 1.62 bits per heavy atom. The van der Waals surface area contributed by atoms with Gasteiger partial charge in [-0.15, -0.1) is 0 Å². The quantitative estimate of drug-likeness (QED) is 0.827. The Bertz CT molecular complexity index is 310. The van der Waals surface area contributed by atoms with E-state index in [-0.39, 0.29) is 6.42 Å². The van der Waals surface area contributed by atoms with E-state index in [0.29, 0.717) is 0 Å². The van der Waals surface area contributed by atoms with Crippen molar-refractivity contribution < 1.29 is 9.90 Å². The van der Waals surface area contributed by atoms with Crippen molar-refractivity contribution >= 4 is 22.2 Å². The Hall–Kier alpha value is -0.670. The number of benzene rings is 1. The molecule has 70 valence electrons. The lowest BCUT2D eigenvalue weighted by Crippen LogP contribution is -1.99. The van der Waals surface area contributed by atoms with Gasteiger partial charge in [-0.1, -0.05) is 28.1 Å². The van der Waals surface area contributed by atoms with Gasteiger partial charge in [-0.3, -0.25) is 0 Å². The van der Waals surface area contributed by atoms with Crippen molar-refractivity contribution in [3.05, 3.63) is 33.8 Å². The van der Waals surface area contributed by atoms with Gasteiger partial charge in [0.15, 0.2) is 0 Å². The molecule has 3 heteroatoms. The minimum atomic E-state index is -0.701. The van der Waals surface area contributed by atoms with E-state index >= 15 is 0 Å². The molecule has 0 radical (unpaired) electrons. The topological polar surface area (TPSA) is 37.3 Å². The van der Waals surface area contributed by atoms with Crippen LogP contribution in [-0.4, -0.2) is 11.4 Å². The fourth-order valence-electron chi connectivity index (χ4n) is 1.12. The first-order chi connectivity index (χ1) is 6.15. The van der Waals surface area contributed by atoms with Gasteiger partial charge in [0.1, 0.15) is 6.29 Å². The van der Waals surface area contributed by atoms with E-state index in [2.05, 4.69) is 15.9 Å². The van der Waals surface area contributed by atoms with E-state index < -0.39 is 6.10 Å². The first-order valence-corrected chi connectivity index (χ1v) is 4.82. The predicted octanol–water partition coefficient (Wildman–Crippen LogP) is 2.38. The monoisotopic (exact) mass is 242 g/mol. The maximum Gasteiger partial charge on any atom is 0.122 e. The molecule has 0 saturated carbocycles. The molecule has 1 aromatic carbocycles. The molecule has 0 aromatic heterocycles. The standard InChI is InChI=1S/C10H11BrO2/c1-7-2-3-8(9(11)6-7)10(13)4-5-12/h2-3,5-6,10,13H,4H2,1H3. The van der Waals surface area contributed by atoms with Crippen LogP contribution in [0.3, 0.4) is 0 Å². The van der Waals surface area contributed by atoms with Crippen LogP contribution >= 0.6 is 15.9 Å². The normalized spacial score (nSPS) is 12.5. The molecule has 0 aliphatic rings. The molecule has 0 aliphatic heterocycles. The van der Waals surface area contributed by atoms with Crippen LogP contribution in [0.15, 0.2) is 22.7 Å². The van der Waals surface area contributed by atoms with E-state index in [0.717, 1.165) is 21.9 Å². The summed E-state index contributed by atoms with van der Waals surface area (Å²) in [4.78, 5) is 10.2. The van der Waals surface area contributed by atoms with Crippen molar-refractivity contribution in [1.29, 1.82) is 0 Å². The average Bonchev–Trinajstić information content (AvgIpc) is 2.04. The second kappa shape index (κ2) is 4.53. The third-order valence-electron chi connectivity index (χ3n) is 1.83. The van der Waals surface area contributed by atoms with Gasteiger partial charge in [-0.05, 0) is 24.1 Å². The molecule has 0 bridgehead atoms. The maximum atomic E-state index is 10.2. The Morgan fingerprint density at radius 3 is 2.85 bits per heavy atom. The fourth-order valence-corrected chi connectivity index (χ4v) is 1.88. The second-order valence-corrected chi connectivity index (χ2v) is 3.80. The van der Waals surface area contributed by atoms with Gasteiger partial charge in [0.2, 0.25) is 0 Å². The molecule has 1 N–H and O–H groups in total. The summed E-state index contributed by atoms with van der Waals surface area (Å²) < 4.78 is 0.849. The van der Waals surface area contributed by atoms with Crippen LogP contribution in [0.4, 0.5) is 0 Å². The summed E-state index contributed by atoms with van der Waals surface area (Å²) in [5.41, 5.74) is 1.88. The molecule has 0 spiro atoms. The molecule has 1 aromatic rings. The van der Waals surface area contributed by atoms with E-state index in [1.807, 2.05) is 25.1 Å². The average molecular weight is 243 g/mol. The van der Waals surface area contributed by atoms with Gasteiger partial charge in [-0.2, -0.15) is 0 Å². The van der Waals surface area contributed by atoms with Gasteiger partial charge >= 0.3 is 0 Å². The number of aliphatic hydroxyl groups excluding tert-OH is 1. The zero-order valence-electron chi connectivity index (χ0n) is 7.33. The van der Waals surface area contributed by atoms with Gasteiger partial charge in [0.25, 0.3) is 0 Å².